The second-order valence-electron chi connectivity index (χ2n) is 6.84. The third kappa shape index (κ3) is 4.11. The third-order valence-corrected chi connectivity index (χ3v) is 4.33. The highest BCUT2D eigenvalue weighted by Gasteiger charge is 2.34. The number of ether oxygens (including phenoxy) is 1. The van der Waals surface area contributed by atoms with Crippen LogP contribution in [0.25, 0.3) is 0 Å². The van der Waals surface area contributed by atoms with Crippen molar-refractivity contribution in [2.45, 2.75) is 38.3 Å². The molecule has 1 fully saturated rings. The van der Waals surface area contributed by atoms with E-state index < -0.39 is 5.54 Å². The Bertz CT molecular complexity index is 462. The van der Waals surface area contributed by atoms with Crippen LogP contribution in [-0.2, 0) is 15.1 Å². The summed E-state index contributed by atoms with van der Waals surface area (Å²) in [6.45, 7) is 7.07. The predicted molar refractivity (Wildman–Crippen MR) is 87.9 cm³/mol. The van der Waals surface area contributed by atoms with Crippen molar-refractivity contribution in [3.8, 4) is 0 Å². The van der Waals surface area contributed by atoms with Crippen LogP contribution in [0.3, 0.4) is 0 Å². The number of likely N-dealkylation sites (N-methyl/N-ethyl adjacent to an activating group) is 1. The molecule has 5 heteroatoms. The fourth-order valence-electron chi connectivity index (χ4n) is 2.84. The summed E-state index contributed by atoms with van der Waals surface area (Å²) in [7, 11) is 4.07. The Morgan fingerprint density at radius 1 is 1.27 bits per heavy atom. The summed E-state index contributed by atoms with van der Waals surface area (Å²) in [5, 5.41) is 0. The molecule has 0 N–H and O–H groups in total. The van der Waals surface area contributed by atoms with E-state index in [0.717, 1.165) is 32.5 Å². The maximum absolute atomic E-state index is 13.1. The van der Waals surface area contributed by atoms with Crippen molar-refractivity contribution in [3.63, 3.8) is 0 Å². The van der Waals surface area contributed by atoms with E-state index in [2.05, 4.69) is 4.90 Å². The molecule has 22 heavy (non-hydrogen) atoms. The van der Waals surface area contributed by atoms with Crippen molar-refractivity contribution in [3.05, 3.63) is 24.5 Å². The van der Waals surface area contributed by atoms with E-state index in [4.69, 9.17) is 4.74 Å². The molecule has 1 aliphatic rings. The minimum absolute atomic E-state index is 0.154. The highest BCUT2D eigenvalue weighted by molar-refractivity contribution is 5.83. The van der Waals surface area contributed by atoms with Crippen molar-refractivity contribution in [2.75, 3.05) is 40.3 Å². The predicted octanol–water partition coefficient (Wildman–Crippen LogP) is 1.79. The Hall–Kier alpha value is -1.33. The van der Waals surface area contributed by atoms with Crippen LogP contribution in [0.4, 0.5) is 0 Å². The lowest BCUT2D eigenvalue weighted by Crippen LogP contribution is -2.50. The lowest BCUT2D eigenvalue weighted by atomic mass is 10.0. The molecule has 1 unspecified atom stereocenters. The van der Waals surface area contributed by atoms with Gasteiger partial charge in [0.05, 0.1) is 6.10 Å². The smallest absolute Gasteiger partial charge is 0.248 e. The second-order valence-corrected chi connectivity index (χ2v) is 6.84. The first-order chi connectivity index (χ1) is 10.4. The maximum Gasteiger partial charge on any atom is 0.248 e. The number of aromatic nitrogens is 1. The van der Waals surface area contributed by atoms with Gasteiger partial charge in [-0.25, -0.2) is 0 Å². The molecular formula is C17H29N3O2. The minimum Gasteiger partial charge on any atom is -0.376 e. The topological polar surface area (TPSA) is 37.7 Å². The van der Waals surface area contributed by atoms with E-state index >= 15 is 0 Å². The van der Waals surface area contributed by atoms with E-state index in [9.17, 15) is 4.79 Å². The van der Waals surface area contributed by atoms with Gasteiger partial charge in [0.15, 0.2) is 0 Å². The molecule has 5 nitrogen and oxygen atoms in total. The Morgan fingerprint density at radius 2 is 1.95 bits per heavy atom. The average Bonchev–Trinajstić information content (AvgIpc) is 3.15. The number of hydrogen-bond acceptors (Lipinski definition) is 3. The van der Waals surface area contributed by atoms with E-state index in [-0.39, 0.29) is 12.0 Å². The first-order valence-electron chi connectivity index (χ1n) is 8.10. The van der Waals surface area contributed by atoms with Crippen LogP contribution in [0.2, 0.25) is 0 Å². The summed E-state index contributed by atoms with van der Waals surface area (Å²) >= 11 is 0. The summed E-state index contributed by atoms with van der Waals surface area (Å²) in [5.41, 5.74) is -0.575. The highest BCUT2D eigenvalue weighted by atomic mass is 16.5. The van der Waals surface area contributed by atoms with Crippen molar-refractivity contribution in [1.29, 1.82) is 0 Å². The molecule has 1 aromatic heterocycles. The van der Waals surface area contributed by atoms with Crippen LogP contribution in [0.15, 0.2) is 24.5 Å². The molecule has 2 rings (SSSR count). The van der Waals surface area contributed by atoms with Crippen molar-refractivity contribution in [1.82, 2.24) is 14.4 Å². The molecule has 2 heterocycles. The second kappa shape index (κ2) is 7.29. The minimum atomic E-state index is -0.575. The van der Waals surface area contributed by atoms with E-state index in [1.165, 1.54) is 0 Å². The van der Waals surface area contributed by atoms with Crippen LogP contribution >= 0.6 is 0 Å². The van der Waals surface area contributed by atoms with Gasteiger partial charge in [0, 0.05) is 38.6 Å². The van der Waals surface area contributed by atoms with Crippen molar-refractivity contribution in [2.24, 2.45) is 0 Å². The normalized spacial score (nSPS) is 18.9. The van der Waals surface area contributed by atoms with Gasteiger partial charge in [-0.05, 0) is 52.9 Å². The quantitative estimate of drug-likeness (QED) is 0.771. The number of hydrogen-bond donors (Lipinski definition) is 0. The zero-order valence-electron chi connectivity index (χ0n) is 14.3. The third-order valence-electron chi connectivity index (χ3n) is 4.33. The van der Waals surface area contributed by atoms with E-state index in [1.54, 1.807) is 0 Å². The summed E-state index contributed by atoms with van der Waals surface area (Å²) in [6.07, 6.45) is 6.24. The number of amides is 1. The van der Waals surface area contributed by atoms with Gasteiger partial charge in [0.25, 0.3) is 0 Å². The summed E-state index contributed by atoms with van der Waals surface area (Å²) in [5.74, 6) is 0.154. The first-order valence-corrected chi connectivity index (χ1v) is 8.10. The van der Waals surface area contributed by atoms with Gasteiger partial charge in [-0.15, -0.1) is 0 Å². The number of carbonyl (C=O) groups is 1. The molecule has 1 aliphatic heterocycles. The van der Waals surface area contributed by atoms with Gasteiger partial charge in [0.1, 0.15) is 5.54 Å². The van der Waals surface area contributed by atoms with Gasteiger partial charge < -0.3 is 19.1 Å². The van der Waals surface area contributed by atoms with Gasteiger partial charge in [-0.3, -0.25) is 4.79 Å². The van der Waals surface area contributed by atoms with Crippen LogP contribution in [0.1, 0.15) is 26.7 Å². The molecule has 0 spiro atoms. The molecule has 124 valence electrons. The number of carbonyl (C=O) groups excluding carboxylic acids is 1. The monoisotopic (exact) mass is 307 g/mol. The molecule has 0 saturated carbocycles. The van der Waals surface area contributed by atoms with Crippen molar-refractivity contribution >= 4 is 5.91 Å². The van der Waals surface area contributed by atoms with Gasteiger partial charge in [-0.2, -0.15) is 0 Å². The number of nitrogens with zero attached hydrogens (tertiary/aromatic N) is 3. The van der Waals surface area contributed by atoms with Gasteiger partial charge in [0.2, 0.25) is 5.91 Å². The zero-order valence-corrected chi connectivity index (χ0v) is 14.3. The van der Waals surface area contributed by atoms with E-state index in [0.29, 0.717) is 6.54 Å². The molecule has 1 aromatic rings. The molecule has 0 radical (unpaired) electrons. The largest absolute Gasteiger partial charge is 0.376 e. The molecule has 1 amide bonds. The van der Waals surface area contributed by atoms with Crippen molar-refractivity contribution < 1.29 is 9.53 Å². The molecule has 0 aliphatic carbocycles. The summed E-state index contributed by atoms with van der Waals surface area (Å²) in [6, 6.07) is 3.92. The fourth-order valence-corrected chi connectivity index (χ4v) is 2.84. The van der Waals surface area contributed by atoms with Crippen LogP contribution in [0, 0.1) is 0 Å². The van der Waals surface area contributed by atoms with Crippen LogP contribution < -0.4 is 0 Å². The Balaban J connectivity index is 2.09. The van der Waals surface area contributed by atoms with Gasteiger partial charge in [-0.1, -0.05) is 0 Å². The molecule has 0 aromatic carbocycles. The molecular weight excluding hydrogens is 278 g/mol. The summed E-state index contributed by atoms with van der Waals surface area (Å²) < 4.78 is 7.71. The van der Waals surface area contributed by atoms with Crippen LogP contribution in [-0.4, -0.2) is 66.7 Å². The molecule has 1 saturated heterocycles. The fraction of sp³-hybridized carbons (Fsp3) is 0.706. The van der Waals surface area contributed by atoms with Gasteiger partial charge >= 0.3 is 0 Å². The molecule has 1 atom stereocenters. The SMILES string of the molecule is CN(C)CCN(CC1CCCO1)C(=O)C(C)(C)n1cccc1. The summed E-state index contributed by atoms with van der Waals surface area (Å²) in [4.78, 5) is 17.2. The number of rotatable bonds is 7. The highest BCUT2D eigenvalue weighted by Crippen LogP contribution is 2.21. The Morgan fingerprint density at radius 3 is 2.50 bits per heavy atom. The Labute approximate surface area is 133 Å². The maximum atomic E-state index is 13.1. The lowest BCUT2D eigenvalue weighted by molar-refractivity contribution is -0.141. The molecule has 0 bridgehead atoms. The standard InChI is InChI=1S/C17H29N3O2/c1-17(2,20-9-5-6-10-20)16(21)19(12-11-18(3)4)14-15-8-7-13-22-15/h5-6,9-10,15H,7-8,11-14H2,1-4H3. The van der Waals surface area contributed by atoms with Crippen LogP contribution in [0.5, 0.6) is 0 Å². The average molecular weight is 307 g/mol. The zero-order chi connectivity index (χ0) is 16.2. The lowest BCUT2D eigenvalue weighted by Gasteiger charge is -2.35. The Kier molecular flexibility index (Phi) is 5.64. The first kappa shape index (κ1) is 17.0. The van der Waals surface area contributed by atoms with E-state index in [1.807, 2.05) is 61.9 Å².